The smallest absolute Gasteiger partial charge is 0.305 e. The summed E-state index contributed by atoms with van der Waals surface area (Å²) in [5, 5.41) is 0. The summed E-state index contributed by atoms with van der Waals surface area (Å²) in [6, 6.07) is 7.90. The number of esters is 1. The first-order valence-electron chi connectivity index (χ1n) is 7.18. The number of benzene rings is 1. The molecule has 0 fully saturated rings. The lowest BCUT2D eigenvalue weighted by molar-refractivity contribution is -0.143. The van der Waals surface area contributed by atoms with Crippen LogP contribution in [0.15, 0.2) is 24.3 Å². The minimum Gasteiger partial charge on any atom is -0.491 e. The van der Waals surface area contributed by atoms with Crippen LogP contribution in [0.2, 0.25) is 0 Å². The third kappa shape index (κ3) is 6.57. The second-order valence-corrected chi connectivity index (χ2v) is 5.12. The van der Waals surface area contributed by atoms with E-state index in [1.54, 1.807) is 6.92 Å². The maximum absolute atomic E-state index is 11.3. The Hall–Kier alpha value is -1.55. The second-order valence-electron chi connectivity index (χ2n) is 5.12. The molecule has 0 aliphatic heterocycles. The van der Waals surface area contributed by atoms with Crippen LogP contribution < -0.4 is 10.5 Å². The minimum absolute atomic E-state index is 0.0312. The van der Waals surface area contributed by atoms with Gasteiger partial charge in [-0.1, -0.05) is 12.1 Å². The molecule has 0 bridgehead atoms. The lowest BCUT2D eigenvalue weighted by Gasteiger charge is -2.13. The van der Waals surface area contributed by atoms with Crippen molar-refractivity contribution in [1.82, 2.24) is 0 Å². The molecule has 0 aromatic heterocycles. The van der Waals surface area contributed by atoms with Gasteiger partial charge in [0, 0.05) is 12.5 Å². The van der Waals surface area contributed by atoms with Crippen LogP contribution in [0.25, 0.3) is 0 Å². The van der Waals surface area contributed by atoms with E-state index >= 15 is 0 Å². The third-order valence-electron chi connectivity index (χ3n) is 2.82. The maximum Gasteiger partial charge on any atom is 0.305 e. The van der Waals surface area contributed by atoms with E-state index in [1.807, 2.05) is 38.1 Å². The van der Waals surface area contributed by atoms with Gasteiger partial charge in [0.05, 0.1) is 12.7 Å². The van der Waals surface area contributed by atoms with Crippen LogP contribution in [0.4, 0.5) is 0 Å². The third-order valence-corrected chi connectivity index (χ3v) is 2.82. The average molecular weight is 279 g/mol. The van der Waals surface area contributed by atoms with Crippen molar-refractivity contribution in [1.29, 1.82) is 0 Å². The molecule has 4 heteroatoms. The number of carbonyl (C=O) groups excluding carboxylic acids is 1. The number of rotatable bonds is 8. The van der Waals surface area contributed by atoms with Crippen LogP contribution in [-0.4, -0.2) is 24.7 Å². The van der Waals surface area contributed by atoms with E-state index in [9.17, 15) is 4.79 Å². The molecule has 1 rings (SSSR count). The first-order chi connectivity index (χ1) is 9.51. The molecule has 1 unspecified atom stereocenters. The zero-order chi connectivity index (χ0) is 15.0. The van der Waals surface area contributed by atoms with Crippen LogP contribution >= 0.6 is 0 Å². The van der Waals surface area contributed by atoms with E-state index in [-0.39, 0.29) is 18.1 Å². The standard InChI is InChI=1S/C16H25NO3/c1-4-19-16(18)10-7-14(17)11-13-5-8-15(9-6-13)20-12(2)3/h5-6,8-9,12,14H,4,7,10-11,17H2,1-3H3. The van der Waals surface area contributed by atoms with Crippen molar-refractivity contribution in [3.05, 3.63) is 29.8 Å². The summed E-state index contributed by atoms with van der Waals surface area (Å²) in [5.74, 6) is 0.687. The molecule has 0 spiro atoms. The summed E-state index contributed by atoms with van der Waals surface area (Å²) < 4.78 is 10.5. The summed E-state index contributed by atoms with van der Waals surface area (Å²) in [7, 11) is 0. The molecule has 0 radical (unpaired) electrons. The minimum atomic E-state index is -0.177. The van der Waals surface area contributed by atoms with E-state index in [0.29, 0.717) is 19.4 Å². The predicted molar refractivity (Wildman–Crippen MR) is 79.8 cm³/mol. The van der Waals surface area contributed by atoms with E-state index in [1.165, 1.54) is 0 Å². The average Bonchev–Trinajstić information content (AvgIpc) is 2.38. The van der Waals surface area contributed by atoms with E-state index in [4.69, 9.17) is 15.2 Å². The number of carbonyl (C=O) groups is 1. The van der Waals surface area contributed by atoms with Crippen molar-refractivity contribution in [2.24, 2.45) is 5.73 Å². The molecule has 0 aliphatic rings. The van der Waals surface area contributed by atoms with Gasteiger partial charge in [-0.05, 0) is 51.3 Å². The molecular formula is C16H25NO3. The molecule has 20 heavy (non-hydrogen) atoms. The topological polar surface area (TPSA) is 61.5 Å². The fraction of sp³-hybridized carbons (Fsp3) is 0.562. The Morgan fingerprint density at radius 3 is 2.45 bits per heavy atom. The zero-order valence-electron chi connectivity index (χ0n) is 12.6. The number of hydrogen-bond acceptors (Lipinski definition) is 4. The van der Waals surface area contributed by atoms with Crippen molar-refractivity contribution in [2.45, 2.75) is 52.2 Å². The van der Waals surface area contributed by atoms with Gasteiger partial charge < -0.3 is 15.2 Å². The van der Waals surface area contributed by atoms with E-state index in [2.05, 4.69) is 0 Å². The highest BCUT2D eigenvalue weighted by molar-refractivity contribution is 5.69. The van der Waals surface area contributed by atoms with Crippen LogP contribution in [0.5, 0.6) is 5.75 Å². The highest BCUT2D eigenvalue weighted by Gasteiger charge is 2.09. The molecule has 1 aromatic rings. The summed E-state index contributed by atoms with van der Waals surface area (Å²) in [6.45, 7) is 6.22. The van der Waals surface area contributed by atoms with Gasteiger partial charge >= 0.3 is 5.97 Å². The molecule has 112 valence electrons. The first kappa shape index (κ1) is 16.5. The predicted octanol–water partition coefficient (Wildman–Crippen LogP) is 2.69. The zero-order valence-corrected chi connectivity index (χ0v) is 12.6. The lowest BCUT2D eigenvalue weighted by Crippen LogP contribution is -2.24. The fourth-order valence-corrected chi connectivity index (χ4v) is 1.92. The van der Waals surface area contributed by atoms with E-state index < -0.39 is 0 Å². The summed E-state index contributed by atoms with van der Waals surface area (Å²) in [5.41, 5.74) is 7.18. The largest absolute Gasteiger partial charge is 0.491 e. The number of ether oxygens (including phenoxy) is 2. The van der Waals surface area contributed by atoms with Crippen molar-refractivity contribution >= 4 is 5.97 Å². The van der Waals surface area contributed by atoms with Gasteiger partial charge in [-0.15, -0.1) is 0 Å². The van der Waals surface area contributed by atoms with Crippen LogP contribution in [0, 0.1) is 0 Å². The Bertz CT molecular complexity index is 401. The van der Waals surface area contributed by atoms with Crippen molar-refractivity contribution < 1.29 is 14.3 Å². The Balaban J connectivity index is 2.38. The van der Waals surface area contributed by atoms with Gasteiger partial charge in [-0.3, -0.25) is 4.79 Å². The molecular weight excluding hydrogens is 254 g/mol. The Morgan fingerprint density at radius 1 is 1.25 bits per heavy atom. The number of nitrogens with two attached hydrogens (primary N) is 1. The van der Waals surface area contributed by atoms with Gasteiger partial charge in [0.15, 0.2) is 0 Å². The van der Waals surface area contributed by atoms with Crippen molar-refractivity contribution in [3.63, 3.8) is 0 Å². The van der Waals surface area contributed by atoms with Gasteiger partial charge in [-0.25, -0.2) is 0 Å². The molecule has 0 heterocycles. The molecule has 0 amide bonds. The fourth-order valence-electron chi connectivity index (χ4n) is 1.92. The molecule has 0 saturated carbocycles. The van der Waals surface area contributed by atoms with E-state index in [0.717, 1.165) is 17.7 Å². The molecule has 1 atom stereocenters. The number of hydrogen-bond donors (Lipinski definition) is 1. The Kier molecular flexibility index (Phi) is 7.09. The lowest BCUT2D eigenvalue weighted by atomic mass is 10.0. The van der Waals surface area contributed by atoms with Crippen LogP contribution in [0.3, 0.4) is 0 Å². The molecule has 0 saturated heterocycles. The molecule has 1 aromatic carbocycles. The monoisotopic (exact) mass is 279 g/mol. The Morgan fingerprint density at radius 2 is 1.90 bits per heavy atom. The maximum atomic E-state index is 11.3. The highest BCUT2D eigenvalue weighted by Crippen LogP contribution is 2.15. The van der Waals surface area contributed by atoms with Crippen LogP contribution in [-0.2, 0) is 16.0 Å². The van der Waals surface area contributed by atoms with Gasteiger partial charge in [-0.2, -0.15) is 0 Å². The normalized spacial score (nSPS) is 12.2. The quantitative estimate of drug-likeness (QED) is 0.743. The van der Waals surface area contributed by atoms with Crippen molar-refractivity contribution in [2.75, 3.05) is 6.61 Å². The SMILES string of the molecule is CCOC(=O)CCC(N)Cc1ccc(OC(C)C)cc1. The summed E-state index contributed by atoms with van der Waals surface area (Å²) >= 11 is 0. The van der Waals surface area contributed by atoms with Crippen molar-refractivity contribution in [3.8, 4) is 5.75 Å². The van der Waals surface area contributed by atoms with Crippen LogP contribution in [0.1, 0.15) is 39.2 Å². The second kappa shape index (κ2) is 8.59. The Labute approximate surface area is 121 Å². The highest BCUT2D eigenvalue weighted by atomic mass is 16.5. The van der Waals surface area contributed by atoms with Gasteiger partial charge in [0.2, 0.25) is 0 Å². The first-order valence-corrected chi connectivity index (χ1v) is 7.18. The van der Waals surface area contributed by atoms with Gasteiger partial charge in [0.25, 0.3) is 0 Å². The summed E-state index contributed by atoms with van der Waals surface area (Å²) in [6.07, 6.45) is 1.95. The summed E-state index contributed by atoms with van der Waals surface area (Å²) in [4.78, 5) is 11.3. The molecule has 4 nitrogen and oxygen atoms in total. The molecule has 0 aliphatic carbocycles. The van der Waals surface area contributed by atoms with Gasteiger partial charge in [0.1, 0.15) is 5.75 Å². The molecule has 2 N–H and O–H groups in total.